The van der Waals surface area contributed by atoms with Gasteiger partial charge in [-0.1, -0.05) is 12.1 Å². The molecule has 2 rings (SSSR count). The highest BCUT2D eigenvalue weighted by molar-refractivity contribution is 7.12. The summed E-state index contributed by atoms with van der Waals surface area (Å²) in [5, 5.41) is 13.8. The second-order valence-corrected chi connectivity index (χ2v) is 6.01. The Morgan fingerprint density at radius 2 is 2.32 bits per heavy atom. The zero-order chi connectivity index (χ0) is 13.8. The zero-order valence-corrected chi connectivity index (χ0v) is 12.1. The number of amides is 1. The molecule has 0 aliphatic rings. The molecule has 0 aliphatic heterocycles. The van der Waals surface area contributed by atoms with Crippen LogP contribution in [0.25, 0.3) is 0 Å². The molecule has 0 spiro atoms. The molecule has 0 saturated heterocycles. The molecule has 2 aromatic heterocycles. The third kappa shape index (κ3) is 3.60. The first-order valence-electron chi connectivity index (χ1n) is 6.09. The van der Waals surface area contributed by atoms with Gasteiger partial charge in [-0.25, -0.2) is 0 Å². The van der Waals surface area contributed by atoms with Crippen LogP contribution in [0.4, 0.5) is 0 Å². The van der Waals surface area contributed by atoms with Crippen molar-refractivity contribution in [1.29, 1.82) is 0 Å². The van der Waals surface area contributed by atoms with E-state index in [1.165, 1.54) is 4.88 Å². The Balaban J connectivity index is 1.89. The third-order valence-corrected chi connectivity index (χ3v) is 3.90. The fourth-order valence-corrected chi connectivity index (χ4v) is 2.72. The second kappa shape index (κ2) is 5.92. The van der Waals surface area contributed by atoms with Crippen molar-refractivity contribution in [2.75, 3.05) is 13.6 Å². The van der Waals surface area contributed by atoms with Crippen LogP contribution in [-0.4, -0.2) is 45.0 Å². The van der Waals surface area contributed by atoms with Crippen LogP contribution in [0.3, 0.4) is 0 Å². The van der Waals surface area contributed by atoms with Gasteiger partial charge in [0.05, 0.1) is 6.42 Å². The molecule has 2 aromatic rings. The number of nitrogens with zero attached hydrogens (tertiary/aromatic N) is 4. The zero-order valence-electron chi connectivity index (χ0n) is 11.3. The number of likely N-dealkylation sites (N-methyl/N-ethyl adjacent to an activating group) is 1. The van der Waals surface area contributed by atoms with Gasteiger partial charge in [0.25, 0.3) is 0 Å². The van der Waals surface area contributed by atoms with Crippen molar-refractivity contribution >= 4 is 17.2 Å². The van der Waals surface area contributed by atoms with Crippen LogP contribution < -0.4 is 0 Å². The summed E-state index contributed by atoms with van der Waals surface area (Å²) in [6.45, 7) is 4.60. The predicted molar refractivity (Wildman–Crippen MR) is 73.0 cm³/mol. The lowest BCUT2D eigenvalue weighted by molar-refractivity contribution is -0.129. The highest BCUT2D eigenvalue weighted by atomic mass is 32.1. The van der Waals surface area contributed by atoms with E-state index in [0.717, 1.165) is 4.88 Å². The lowest BCUT2D eigenvalue weighted by atomic mass is 10.1. The molecule has 0 radical (unpaired) electrons. The molecule has 2 heterocycles. The standard InChI is InChI=1S/C12H17N5OS/c1-8(12-13-15-16-14-12)7-17(3)11(18)6-10-5-4-9(2)19-10/h4-5,8H,6-7H2,1-3H3,(H,13,14,15,16). The maximum absolute atomic E-state index is 12.1. The summed E-state index contributed by atoms with van der Waals surface area (Å²) in [4.78, 5) is 16.1. The second-order valence-electron chi connectivity index (χ2n) is 4.63. The molecule has 0 aromatic carbocycles. The molecule has 0 fully saturated rings. The van der Waals surface area contributed by atoms with E-state index in [4.69, 9.17) is 0 Å². The van der Waals surface area contributed by atoms with Crippen molar-refractivity contribution in [2.45, 2.75) is 26.2 Å². The molecular weight excluding hydrogens is 262 g/mol. The first kappa shape index (κ1) is 13.7. The Bertz CT molecular complexity index is 536. The van der Waals surface area contributed by atoms with Crippen molar-refractivity contribution in [3.05, 3.63) is 27.7 Å². The van der Waals surface area contributed by atoms with Gasteiger partial charge < -0.3 is 4.90 Å². The van der Waals surface area contributed by atoms with Gasteiger partial charge in [0.2, 0.25) is 5.91 Å². The summed E-state index contributed by atoms with van der Waals surface area (Å²) in [6, 6.07) is 4.05. The largest absolute Gasteiger partial charge is 0.345 e. The van der Waals surface area contributed by atoms with Crippen LogP contribution in [0.15, 0.2) is 12.1 Å². The molecule has 0 aliphatic carbocycles. The Morgan fingerprint density at radius 1 is 1.53 bits per heavy atom. The Morgan fingerprint density at radius 3 is 2.89 bits per heavy atom. The first-order valence-corrected chi connectivity index (χ1v) is 6.90. The normalized spacial score (nSPS) is 12.4. The van der Waals surface area contributed by atoms with Crippen LogP contribution in [0, 0.1) is 6.92 Å². The quantitative estimate of drug-likeness (QED) is 0.897. The smallest absolute Gasteiger partial charge is 0.227 e. The molecule has 0 bridgehead atoms. The summed E-state index contributed by atoms with van der Waals surface area (Å²) < 4.78 is 0. The molecule has 1 atom stereocenters. The highest BCUT2D eigenvalue weighted by Gasteiger charge is 2.17. The van der Waals surface area contributed by atoms with Crippen LogP contribution in [0.5, 0.6) is 0 Å². The minimum Gasteiger partial charge on any atom is -0.345 e. The van der Waals surface area contributed by atoms with E-state index in [0.29, 0.717) is 18.8 Å². The predicted octanol–water partition coefficient (Wildman–Crippen LogP) is 1.37. The maximum Gasteiger partial charge on any atom is 0.227 e. The molecule has 7 heteroatoms. The monoisotopic (exact) mass is 279 g/mol. The number of aromatic amines is 1. The van der Waals surface area contributed by atoms with Gasteiger partial charge in [-0.15, -0.1) is 21.5 Å². The summed E-state index contributed by atoms with van der Waals surface area (Å²) >= 11 is 1.66. The number of tetrazole rings is 1. The molecule has 6 nitrogen and oxygen atoms in total. The van der Waals surface area contributed by atoms with Gasteiger partial charge in [0, 0.05) is 29.3 Å². The van der Waals surface area contributed by atoms with E-state index < -0.39 is 0 Å². The average Bonchev–Trinajstić information content (AvgIpc) is 3.00. The molecule has 19 heavy (non-hydrogen) atoms. The van der Waals surface area contributed by atoms with Gasteiger partial charge in [0.1, 0.15) is 0 Å². The third-order valence-electron chi connectivity index (χ3n) is 2.90. The molecule has 0 saturated carbocycles. The summed E-state index contributed by atoms with van der Waals surface area (Å²) in [5.41, 5.74) is 0. The van der Waals surface area contributed by atoms with Gasteiger partial charge >= 0.3 is 0 Å². The topological polar surface area (TPSA) is 74.8 Å². The molecule has 1 amide bonds. The van der Waals surface area contributed by atoms with Crippen molar-refractivity contribution in [3.63, 3.8) is 0 Å². The number of aryl methyl sites for hydroxylation is 1. The Labute approximate surface area is 115 Å². The van der Waals surface area contributed by atoms with Crippen molar-refractivity contribution in [2.24, 2.45) is 0 Å². The van der Waals surface area contributed by atoms with Crippen molar-refractivity contribution in [3.8, 4) is 0 Å². The Hall–Kier alpha value is -1.76. The van der Waals surface area contributed by atoms with E-state index in [1.54, 1.807) is 23.3 Å². The fourth-order valence-electron chi connectivity index (χ4n) is 1.84. The van der Waals surface area contributed by atoms with Crippen LogP contribution >= 0.6 is 11.3 Å². The highest BCUT2D eigenvalue weighted by Crippen LogP contribution is 2.17. The van der Waals surface area contributed by atoms with Gasteiger partial charge in [-0.05, 0) is 19.1 Å². The number of hydrogen-bond donors (Lipinski definition) is 1. The van der Waals surface area contributed by atoms with Crippen molar-refractivity contribution < 1.29 is 4.79 Å². The van der Waals surface area contributed by atoms with Gasteiger partial charge in [-0.2, -0.15) is 5.21 Å². The van der Waals surface area contributed by atoms with E-state index >= 15 is 0 Å². The summed E-state index contributed by atoms with van der Waals surface area (Å²) in [5.74, 6) is 0.807. The lowest BCUT2D eigenvalue weighted by Crippen LogP contribution is -2.31. The lowest BCUT2D eigenvalue weighted by Gasteiger charge is -2.19. The molecule has 1 N–H and O–H groups in total. The van der Waals surface area contributed by atoms with E-state index in [9.17, 15) is 4.79 Å². The maximum atomic E-state index is 12.1. The van der Waals surface area contributed by atoms with E-state index in [2.05, 4.69) is 20.6 Å². The van der Waals surface area contributed by atoms with Crippen LogP contribution in [-0.2, 0) is 11.2 Å². The van der Waals surface area contributed by atoms with E-state index in [-0.39, 0.29) is 11.8 Å². The van der Waals surface area contributed by atoms with Gasteiger partial charge in [-0.3, -0.25) is 4.79 Å². The van der Waals surface area contributed by atoms with Crippen LogP contribution in [0.1, 0.15) is 28.4 Å². The SMILES string of the molecule is Cc1ccc(CC(=O)N(C)CC(C)c2nn[nH]n2)s1. The van der Waals surface area contributed by atoms with Gasteiger partial charge in [0.15, 0.2) is 5.82 Å². The number of aromatic nitrogens is 4. The summed E-state index contributed by atoms with van der Waals surface area (Å²) in [6.07, 6.45) is 0.452. The average molecular weight is 279 g/mol. The number of carbonyl (C=O) groups excluding carboxylic acids is 1. The minimum absolute atomic E-state index is 0.0674. The number of hydrogen-bond acceptors (Lipinski definition) is 5. The Kier molecular flexibility index (Phi) is 4.26. The fraction of sp³-hybridized carbons (Fsp3) is 0.500. The molecule has 1 unspecified atom stereocenters. The van der Waals surface area contributed by atoms with Crippen LogP contribution in [0.2, 0.25) is 0 Å². The van der Waals surface area contributed by atoms with E-state index in [1.807, 2.05) is 26.0 Å². The van der Waals surface area contributed by atoms with Crippen molar-refractivity contribution in [1.82, 2.24) is 25.5 Å². The number of rotatable bonds is 5. The molecule has 102 valence electrons. The number of thiophene rings is 1. The molecular formula is C12H17N5OS. The number of H-pyrrole nitrogens is 1. The summed E-state index contributed by atoms with van der Waals surface area (Å²) in [7, 11) is 1.80. The number of carbonyl (C=O) groups is 1. The first-order chi connectivity index (χ1) is 9.06. The minimum atomic E-state index is 0.0674. The number of nitrogens with one attached hydrogen (secondary N) is 1.